The number of nitriles is 1. The molecule has 134 valence electrons. The fourth-order valence-electron chi connectivity index (χ4n) is 7.28. The molecule has 0 amide bonds. The fraction of sp³-hybridized carbons (Fsp3) is 0.773. The largest absolute Gasteiger partial charge is 0.303 e. The van der Waals surface area contributed by atoms with Crippen LogP contribution in [0, 0.1) is 51.2 Å². The number of hydrogen-bond acceptors (Lipinski definition) is 3. The fourth-order valence-corrected chi connectivity index (χ4v) is 7.28. The molecule has 0 N–H and O–H groups in total. The van der Waals surface area contributed by atoms with Crippen LogP contribution in [0.2, 0.25) is 0 Å². The van der Waals surface area contributed by atoms with Crippen molar-refractivity contribution in [2.45, 2.75) is 65.7 Å². The van der Waals surface area contributed by atoms with E-state index >= 15 is 0 Å². The molecule has 25 heavy (non-hydrogen) atoms. The molecule has 0 bridgehead atoms. The SMILES string of the molecule is CC1(C#N)CC[C@H]2[C@@H]3CC(C=O)C4=CC(=O)CC[C@]4(C)[C@@H]3CC[C@@]21C. The van der Waals surface area contributed by atoms with Gasteiger partial charge in [-0.3, -0.25) is 4.79 Å². The molecule has 3 nitrogen and oxygen atoms in total. The number of ketones is 1. The van der Waals surface area contributed by atoms with Crippen LogP contribution < -0.4 is 0 Å². The maximum atomic E-state index is 12.0. The Morgan fingerprint density at radius 1 is 1.16 bits per heavy atom. The number of fused-ring (bicyclic) bond motifs is 5. The highest BCUT2D eigenvalue weighted by Crippen LogP contribution is 2.70. The summed E-state index contributed by atoms with van der Waals surface area (Å²) in [6, 6.07) is 2.65. The van der Waals surface area contributed by atoms with Crippen LogP contribution in [-0.4, -0.2) is 12.1 Å². The van der Waals surface area contributed by atoms with Crippen molar-refractivity contribution in [1.29, 1.82) is 5.26 Å². The first-order valence-corrected chi connectivity index (χ1v) is 9.90. The van der Waals surface area contributed by atoms with E-state index in [-0.39, 0.29) is 27.9 Å². The van der Waals surface area contributed by atoms with Crippen LogP contribution in [-0.2, 0) is 9.59 Å². The minimum absolute atomic E-state index is 0.00460. The van der Waals surface area contributed by atoms with Crippen LogP contribution in [0.3, 0.4) is 0 Å². The van der Waals surface area contributed by atoms with Gasteiger partial charge in [0.15, 0.2) is 5.78 Å². The summed E-state index contributed by atoms with van der Waals surface area (Å²) in [5.74, 6) is 1.69. The van der Waals surface area contributed by atoms with Crippen molar-refractivity contribution >= 4 is 12.1 Å². The Morgan fingerprint density at radius 2 is 1.88 bits per heavy atom. The zero-order valence-corrected chi connectivity index (χ0v) is 15.7. The predicted octanol–water partition coefficient (Wildman–Crippen LogP) is 4.47. The lowest BCUT2D eigenvalue weighted by Gasteiger charge is -2.59. The Bertz CT molecular complexity index is 703. The van der Waals surface area contributed by atoms with Crippen molar-refractivity contribution in [2.75, 3.05) is 0 Å². The smallest absolute Gasteiger partial charge is 0.155 e. The van der Waals surface area contributed by atoms with Gasteiger partial charge in [0, 0.05) is 12.3 Å². The molecule has 0 aromatic carbocycles. The van der Waals surface area contributed by atoms with Gasteiger partial charge < -0.3 is 4.79 Å². The average Bonchev–Trinajstić information content (AvgIpc) is 2.87. The molecule has 7 atom stereocenters. The first-order valence-electron chi connectivity index (χ1n) is 9.90. The predicted molar refractivity (Wildman–Crippen MR) is 95.4 cm³/mol. The number of carbonyl (C=O) groups is 2. The highest BCUT2D eigenvalue weighted by atomic mass is 16.1. The summed E-state index contributed by atoms with van der Waals surface area (Å²) in [6.07, 6.45) is 9.61. The van der Waals surface area contributed by atoms with Crippen LogP contribution in [0.5, 0.6) is 0 Å². The highest BCUT2D eigenvalue weighted by molar-refractivity contribution is 5.92. The summed E-state index contributed by atoms with van der Waals surface area (Å²) in [6.45, 7) is 6.79. The molecular formula is C22H29NO2. The number of carbonyl (C=O) groups excluding carboxylic acids is 2. The molecule has 3 heteroatoms. The van der Waals surface area contributed by atoms with Crippen molar-refractivity contribution < 1.29 is 9.59 Å². The topological polar surface area (TPSA) is 57.9 Å². The van der Waals surface area contributed by atoms with E-state index in [9.17, 15) is 14.9 Å². The minimum Gasteiger partial charge on any atom is -0.303 e. The summed E-state index contributed by atoms with van der Waals surface area (Å²) in [7, 11) is 0. The minimum atomic E-state index is -0.237. The van der Waals surface area contributed by atoms with Crippen molar-refractivity contribution in [1.82, 2.24) is 0 Å². The van der Waals surface area contributed by atoms with Gasteiger partial charge >= 0.3 is 0 Å². The van der Waals surface area contributed by atoms with E-state index < -0.39 is 0 Å². The van der Waals surface area contributed by atoms with Crippen molar-refractivity contribution in [2.24, 2.45) is 39.9 Å². The molecule has 0 aliphatic heterocycles. The molecule has 4 aliphatic carbocycles. The second kappa shape index (κ2) is 5.29. The molecule has 0 aromatic rings. The Morgan fingerprint density at radius 3 is 2.56 bits per heavy atom. The van der Waals surface area contributed by atoms with E-state index in [0.717, 1.165) is 50.4 Å². The Labute approximate surface area is 150 Å². The van der Waals surface area contributed by atoms with Gasteiger partial charge in [0.25, 0.3) is 0 Å². The number of hydrogen-bond donors (Lipinski definition) is 0. The van der Waals surface area contributed by atoms with Crippen LogP contribution >= 0.6 is 0 Å². The third-order valence-corrected chi connectivity index (χ3v) is 9.06. The third-order valence-electron chi connectivity index (χ3n) is 9.06. The Balaban J connectivity index is 1.76. The average molecular weight is 339 g/mol. The molecule has 0 spiro atoms. The zero-order chi connectivity index (χ0) is 18.0. The molecular weight excluding hydrogens is 310 g/mol. The monoisotopic (exact) mass is 339 g/mol. The van der Waals surface area contributed by atoms with Gasteiger partial charge in [-0.2, -0.15) is 5.26 Å². The van der Waals surface area contributed by atoms with E-state index in [1.807, 2.05) is 0 Å². The van der Waals surface area contributed by atoms with E-state index in [0.29, 0.717) is 24.2 Å². The quantitative estimate of drug-likeness (QED) is 0.662. The first-order chi connectivity index (χ1) is 11.8. The van der Waals surface area contributed by atoms with Gasteiger partial charge in [-0.25, -0.2) is 0 Å². The molecule has 4 rings (SSSR count). The van der Waals surface area contributed by atoms with Crippen LogP contribution in [0.25, 0.3) is 0 Å². The van der Waals surface area contributed by atoms with E-state index in [2.05, 4.69) is 26.8 Å². The summed E-state index contributed by atoms with van der Waals surface area (Å²) in [5, 5.41) is 9.84. The molecule has 2 unspecified atom stereocenters. The summed E-state index contributed by atoms with van der Waals surface area (Å²) < 4.78 is 0. The Kier molecular flexibility index (Phi) is 3.60. The van der Waals surface area contributed by atoms with Crippen LogP contribution in [0.15, 0.2) is 11.6 Å². The van der Waals surface area contributed by atoms with Gasteiger partial charge in [0.05, 0.1) is 11.5 Å². The third kappa shape index (κ3) is 2.03. The molecule has 3 saturated carbocycles. The number of aldehydes is 1. The van der Waals surface area contributed by atoms with E-state index in [4.69, 9.17) is 0 Å². The Hall–Kier alpha value is -1.43. The van der Waals surface area contributed by atoms with Gasteiger partial charge in [-0.15, -0.1) is 0 Å². The molecule has 0 aromatic heterocycles. The zero-order valence-electron chi connectivity index (χ0n) is 15.7. The lowest BCUT2D eigenvalue weighted by Crippen LogP contribution is -2.54. The normalized spacial score (nSPS) is 51.6. The van der Waals surface area contributed by atoms with Crippen LogP contribution in [0.1, 0.15) is 65.7 Å². The van der Waals surface area contributed by atoms with Crippen molar-refractivity contribution in [3.8, 4) is 6.07 Å². The molecule has 3 fully saturated rings. The summed E-state index contributed by atoms with van der Waals surface area (Å²) in [4.78, 5) is 23.9. The number of allylic oxidation sites excluding steroid dienone is 1. The van der Waals surface area contributed by atoms with Crippen LogP contribution in [0.4, 0.5) is 0 Å². The molecule has 0 saturated heterocycles. The van der Waals surface area contributed by atoms with Gasteiger partial charge in [0.1, 0.15) is 6.29 Å². The lowest BCUT2D eigenvalue weighted by molar-refractivity contribution is -0.121. The number of nitrogens with zero attached hydrogens (tertiary/aromatic N) is 1. The second-order valence-corrected chi connectivity index (χ2v) is 9.78. The molecule has 0 heterocycles. The lowest BCUT2D eigenvalue weighted by atomic mass is 9.44. The second-order valence-electron chi connectivity index (χ2n) is 9.78. The van der Waals surface area contributed by atoms with Crippen molar-refractivity contribution in [3.05, 3.63) is 11.6 Å². The van der Waals surface area contributed by atoms with Gasteiger partial charge in [-0.1, -0.05) is 19.4 Å². The standard InChI is InChI=1S/C22H29NO2/c1-20(13-23)7-5-18-16-10-14(12-24)19-11-15(25)4-8-21(19,2)17(16)6-9-22(18,20)3/h11-12,14,16-18H,4-10H2,1-3H3/t14?,16-,17-,18+,20?,21-,22+/m1/s1. The van der Waals surface area contributed by atoms with E-state index in [1.165, 1.54) is 0 Å². The first kappa shape index (κ1) is 17.0. The maximum Gasteiger partial charge on any atom is 0.155 e. The van der Waals surface area contributed by atoms with E-state index in [1.54, 1.807) is 6.08 Å². The summed E-state index contributed by atoms with van der Waals surface area (Å²) >= 11 is 0. The van der Waals surface area contributed by atoms with Crippen molar-refractivity contribution in [3.63, 3.8) is 0 Å². The number of rotatable bonds is 1. The highest BCUT2D eigenvalue weighted by Gasteiger charge is 2.64. The maximum absolute atomic E-state index is 12.0. The van der Waals surface area contributed by atoms with Gasteiger partial charge in [-0.05, 0) is 80.1 Å². The van der Waals surface area contributed by atoms with Gasteiger partial charge in [0.2, 0.25) is 0 Å². The molecule has 0 radical (unpaired) electrons. The summed E-state index contributed by atoms with van der Waals surface area (Å²) in [5.41, 5.74) is 0.941. The molecule has 4 aliphatic rings.